The molecule has 0 aromatic heterocycles. The molecule has 57 heavy (non-hydrogen) atoms. The van der Waals surface area contributed by atoms with E-state index in [4.69, 9.17) is 9.05 Å². The molecule has 4 nitrogen and oxygen atoms in total. The average Bonchev–Trinajstić information content (AvgIpc) is 3.16. The molecule has 1 aromatic carbocycles. The van der Waals surface area contributed by atoms with Gasteiger partial charge in [-0.15, -0.1) is 0 Å². The number of benzene rings is 1. The second-order valence-corrected chi connectivity index (χ2v) is 22.3. The largest absolute Gasteiger partial charge is 0.507 e. The molecule has 0 spiro atoms. The van der Waals surface area contributed by atoms with Crippen LogP contribution in [0.1, 0.15) is 290 Å². The molecule has 5 heteroatoms. The molecule has 1 rings (SSSR count). The first-order chi connectivity index (χ1) is 27.3. The number of rotatable bonds is 38. The van der Waals surface area contributed by atoms with E-state index in [1.54, 1.807) is 0 Å². The summed E-state index contributed by atoms with van der Waals surface area (Å²) >= 11 is 0. The van der Waals surface area contributed by atoms with Crippen LogP contribution >= 0.6 is 7.60 Å². The van der Waals surface area contributed by atoms with Gasteiger partial charge in [0.05, 0.1) is 18.9 Å². The predicted octanol–water partition coefficient (Wildman–Crippen LogP) is 18.8. The van der Waals surface area contributed by atoms with Crippen molar-refractivity contribution in [3.8, 4) is 5.75 Å². The van der Waals surface area contributed by atoms with E-state index in [1.165, 1.54) is 180 Å². The summed E-state index contributed by atoms with van der Waals surface area (Å²) in [6.07, 6.45) is 42.4. The second kappa shape index (κ2) is 32.9. The van der Waals surface area contributed by atoms with Crippen molar-refractivity contribution in [1.82, 2.24) is 0 Å². The highest BCUT2D eigenvalue weighted by molar-refractivity contribution is 7.54. The van der Waals surface area contributed by atoms with E-state index in [1.807, 2.05) is 6.92 Å². The van der Waals surface area contributed by atoms with E-state index >= 15 is 0 Å². The SMILES string of the molecule is CCCCCCCCCCCCCCCCCCOP(=O)(OCCCCCCCCCCCCCCCCCC)C(C)c1cc(C(C)(C)C)c(O)c(C(C)(C)C)c1. The van der Waals surface area contributed by atoms with Gasteiger partial charge in [0.1, 0.15) is 5.75 Å². The maximum Gasteiger partial charge on any atom is 0.337 e. The van der Waals surface area contributed by atoms with Crippen molar-refractivity contribution >= 4 is 7.60 Å². The van der Waals surface area contributed by atoms with Crippen LogP contribution in [0.4, 0.5) is 0 Å². The molecule has 1 N–H and O–H groups in total. The van der Waals surface area contributed by atoms with Crippen LogP contribution < -0.4 is 0 Å². The third-order valence-corrected chi connectivity index (χ3v) is 14.6. The number of hydrogen-bond donors (Lipinski definition) is 1. The standard InChI is InChI=1S/C52H99O4P/c1-10-12-14-16-18-20-22-24-26-28-30-32-34-36-38-40-42-55-57(54,46(3)47-44-48(51(4,5)6)50(53)49(45-47)52(7,8)9)56-43-41-39-37-35-33-31-29-27-25-23-21-19-17-15-13-11-2/h44-46,53H,10-43H2,1-9H3. The minimum Gasteiger partial charge on any atom is -0.507 e. The molecule has 1 unspecified atom stereocenters. The van der Waals surface area contributed by atoms with E-state index in [0.717, 1.165) is 42.4 Å². The van der Waals surface area contributed by atoms with Crippen LogP contribution in [0.25, 0.3) is 0 Å². The lowest BCUT2D eigenvalue weighted by molar-refractivity contribution is 0.191. The van der Waals surface area contributed by atoms with Crippen LogP contribution in [-0.4, -0.2) is 18.3 Å². The molecule has 0 aliphatic carbocycles. The normalized spacial score (nSPS) is 13.1. The molecular formula is C52H99O4P. The number of phenolic OH excluding ortho intramolecular Hbond substituents is 1. The van der Waals surface area contributed by atoms with Gasteiger partial charge in [0, 0.05) is 0 Å². The zero-order chi connectivity index (χ0) is 42.3. The average molecular weight is 819 g/mol. The third-order valence-electron chi connectivity index (χ3n) is 12.2. The number of aromatic hydroxyl groups is 1. The zero-order valence-electron chi connectivity index (χ0n) is 39.9. The molecule has 0 aliphatic rings. The lowest BCUT2D eigenvalue weighted by atomic mass is 9.78. The summed E-state index contributed by atoms with van der Waals surface area (Å²) < 4.78 is 27.4. The summed E-state index contributed by atoms with van der Waals surface area (Å²) in [5.41, 5.74) is 1.78. The summed E-state index contributed by atoms with van der Waals surface area (Å²) in [5, 5.41) is 11.4. The molecule has 0 bridgehead atoms. The van der Waals surface area contributed by atoms with Gasteiger partial charge in [-0.1, -0.05) is 260 Å². The Morgan fingerprint density at radius 3 is 0.912 bits per heavy atom. The van der Waals surface area contributed by atoms with E-state index in [2.05, 4.69) is 67.5 Å². The highest BCUT2D eigenvalue weighted by atomic mass is 31.2. The Morgan fingerprint density at radius 1 is 0.456 bits per heavy atom. The molecule has 0 amide bonds. The molecule has 0 aliphatic heterocycles. The van der Waals surface area contributed by atoms with Gasteiger partial charge in [-0.3, -0.25) is 4.57 Å². The molecule has 0 fully saturated rings. The third kappa shape index (κ3) is 26.2. The van der Waals surface area contributed by atoms with Crippen molar-refractivity contribution in [2.75, 3.05) is 13.2 Å². The first-order valence-electron chi connectivity index (χ1n) is 25.0. The zero-order valence-corrected chi connectivity index (χ0v) is 40.8. The van der Waals surface area contributed by atoms with E-state index in [0.29, 0.717) is 19.0 Å². The van der Waals surface area contributed by atoms with E-state index < -0.39 is 13.3 Å². The molecule has 336 valence electrons. The summed E-state index contributed by atoms with van der Waals surface area (Å²) in [5.74, 6) is 0.351. The Morgan fingerprint density at radius 2 is 0.684 bits per heavy atom. The van der Waals surface area contributed by atoms with Crippen LogP contribution in [0.2, 0.25) is 0 Å². The maximum atomic E-state index is 14.7. The fraction of sp³-hybridized carbons (Fsp3) is 0.885. The Labute approximate surface area is 357 Å². The lowest BCUT2D eigenvalue weighted by Crippen LogP contribution is -2.18. The van der Waals surface area contributed by atoms with Crippen LogP contribution in [-0.2, 0) is 24.4 Å². The van der Waals surface area contributed by atoms with Gasteiger partial charge >= 0.3 is 7.60 Å². The van der Waals surface area contributed by atoms with Crippen molar-refractivity contribution in [1.29, 1.82) is 0 Å². The van der Waals surface area contributed by atoms with Crippen molar-refractivity contribution in [2.45, 2.75) is 284 Å². The molecule has 1 aromatic rings. The van der Waals surface area contributed by atoms with Crippen LogP contribution in [0.5, 0.6) is 5.75 Å². The van der Waals surface area contributed by atoms with Gasteiger partial charge in [0.15, 0.2) is 0 Å². The Bertz CT molecular complexity index is 1050. The lowest BCUT2D eigenvalue weighted by Gasteiger charge is -2.31. The Kier molecular flexibility index (Phi) is 31.3. The van der Waals surface area contributed by atoms with Gasteiger partial charge in [-0.25, -0.2) is 0 Å². The monoisotopic (exact) mass is 819 g/mol. The van der Waals surface area contributed by atoms with Gasteiger partial charge in [0.2, 0.25) is 0 Å². The van der Waals surface area contributed by atoms with Gasteiger partial charge < -0.3 is 14.2 Å². The Hall–Kier alpha value is -0.830. The molecule has 0 saturated heterocycles. The van der Waals surface area contributed by atoms with Gasteiger partial charge in [0.25, 0.3) is 0 Å². The van der Waals surface area contributed by atoms with Crippen LogP contribution in [0.3, 0.4) is 0 Å². The van der Waals surface area contributed by atoms with Gasteiger partial charge in [-0.2, -0.15) is 0 Å². The van der Waals surface area contributed by atoms with Crippen molar-refractivity contribution < 1.29 is 18.7 Å². The molecule has 0 saturated carbocycles. The molecule has 0 heterocycles. The summed E-state index contributed by atoms with van der Waals surface area (Å²) in [6, 6.07) is 4.11. The highest BCUT2D eigenvalue weighted by Crippen LogP contribution is 2.62. The number of unbranched alkanes of at least 4 members (excludes halogenated alkanes) is 30. The summed E-state index contributed by atoms with van der Waals surface area (Å²) in [4.78, 5) is 0. The Balaban J connectivity index is 2.57. The minimum atomic E-state index is -3.45. The fourth-order valence-electron chi connectivity index (χ4n) is 8.17. The first-order valence-corrected chi connectivity index (χ1v) is 26.7. The second-order valence-electron chi connectivity index (χ2n) is 20.0. The molecular weight excluding hydrogens is 720 g/mol. The minimum absolute atomic E-state index is 0.257. The first kappa shape index (κ1) is 54.2. The van der Waals surface area contributed by atoms with Gasteiger partial charge in [-0.05, 0) is 47.3 Å². The van der Waals surface area contributed by atoms with Crippen molar-refractivity contribution in [3.63, 3.8) is 0 Å². The summed E-state index contributed by atoms with van der Waals surface area (Å²) in [6.45, 7) is 20.3. The van der Waals surface area contributed by atoms with Crippen LogP contribution in [0.15, 0.2) is 12.1 Å². The number of hydrogen-bond acceptors (Lipinski definition) is 4. The number of phenols is 1. The smallest absolute Gasteiger partial charge is 0.337 e. The molecule has 1 atom stereocenters. The molecule has 0 radical (unpaired) electrons. The fourth-order valence-corrected chi connectivity index (χ4v) is 9.97. The highest BCUT2D eigenvalue weighted by Gasteiger charge is 2.36. The maximum absolute atomic E-state index is 14.7. The topological polar surface area (TPSA) is 55.8 Å². The quantitative estimate of drug-likeness (QED) is 0.0533. The van der Waals surface area contributed by atoms with E-state index in [-0.39, 0.29) is 10.8 Å². The van der Waals surface area contributed by atoms with Crippen molar-refractivity contribution in [2.24, 2.45) is 0 Å². The van der Waals surface area contributed by atoms with Crippen molar-refractivity contribution in [3.05, 3.63) is 28.8 Å². The predicted molar refractivity (Wildman–Crippen MR) is 253 cm³/mol. The van der Waals surface area contributed by atoms with Crippen LogP contribution in [0, 0.1) is 0 Å². The van der Waals surface area contributed by atoms with E-state index in [9.17, 15) is 9.67 Å². The summed E-state index contributed by atoms with van der Waals surface area (Å²) in [7, 11) is -3.45.